The summed E-state index contributed by atoms with van der Waals surface area (Å²) in [5.74, 6) is 1.47. The number of benzene rings is 1. The highest BCUT2D eigenvalue weighted by Gasteiger charge is 2.33. The smallest absolute Gasteiger partial charge is 0.246 e. The maximum atomic E-state index is 13.2. The molecule has 0 unspecified atom stereocenters. The normalized spacial score (nSPS) is 18.3. The summed E-state index contributed by atoms with van der Waals surface area (Å²) in [5, 5.41) is 0. The third-order valence-electron chi connectivity index (χ3n) is 4.51. The van der Waals surface area contributed by atoms with Crippen molar-refractivity contribution in [2.24, 2.45) is 0 Å². The van der Waals surface area contributed by atoms with Crippen LogP contribution in [0.15, 0.2) is 29.2 Å². The van der Waals surface area contributed by atoms with Crippen molar-refractivity contribution < 1.29 is 17.9 Å². The molecule has 0 radical (unpaired) electrons. The summed E-state index contributed by atoms with van der Waals surface area (Å²) in [6.45, 7) is 6.29. The van der Waals surface area contributed by atoms with E-state index in [0.29, 0.717) is 24.0 Å². The molecule has 7 nitrogen and oxygen atoms in total. The second-order valence-electron chi connectivity index (χ2n) is 6.79. The molecule has 0 N–H and O–H groups in total. The molecule has 0 amide bonds. The van der Waals surface area contributed by atoms with E-state index in [1.165, 1.54) is 11.4 Å². The summed E-state index contributed by atoms with van der Waals surface area (Å²) in [7, 11) is -2.20. The lowest BCUT2D eigenvalue weighted by Gasteiger charge is -2.32. The van der Waals surface area contributed by atoms with E-state index in [4.69, 9.17) is 9.47 Å². The molecule has 1 atom stereocenters. The van der Waals surface area contributed by atoms with Gasteiger partial charge in [0.1, 0.15) is 22.6 Å². The minimum absolute atomic E-state index is 0.194. The maximum Gasteiger partial charge on any atom is 0.246 e. The Bertz CT molecular complexity index is 910. The molecule has 1 aliphatic heterocycles. The number of methoxy groups -OCH3 is 1. The summed E-state index contributed by atoms with van der Waals surface area (Å²) in [6, 6.07) is 6.94. The first-order valence-corrected chi connectivity index (χ1v) is 10.4. The number of ether oxygens (including phenoxy) is 2. The number of hydrogen-bond acceptors (Lipinski definition) is 6. The first-order valence-electron chi connectivity index (χ1n) is 8.93. The number of aryl methyl sites for hydroxylation is 3. The van der Waals surface area contributed by atoms with Crippen molar-refractivity contribution in [2.45, 2.75) is 44.6 Å². The van der Waals surface area contributed by atoms with Crippen molar-refractivity contribution in [3.63, 3.8) is 0 Å². The van der Waals surface area contributed by atoms with Crippen LogP contribution in [-0.2, 0) is 10.0 Å². The Morgan fingerprint density at radius 3 is 2.63 bits per heavy atom. The monoisotopic (exact) mass is 391 g/mol. The van der Waals surface area contributed by atoms with Crippen LogP contribution in [0.2, 0.25) is 0 Å². The highest BCUT2D eigenvalue weighted by Crippen LogP contribution is 2.30. The quantitative estimate of drug-likeness (QED) is 0.779. The van der Waals surface area contributed by atoms with Gasteiger partial charge in [-0.05, 0) is 51.3 Å². The van der Waals surface area contributed by atoms with Gasteiger partial charge in [-0.1, -0.05) is 6.07 Å². The lowest BCUT2D eigenvalue weighted by Crippen LogP contribution is -2.44. The van der Waals surface area contributed by atoms with Gasteiger partial charge in [0.2, 0.25) is 15.9 Å². The lowest BCUT2D eigenvalue weighted by molar-refractivity contribution is 0.124. The van der Waals surface area contributed by atoms with E-state index in [1.807, 2.05) is 26.8 Å². The summed E-state index contributed by atoms with van der Waals surface area (Å²) in [5.41, 5.74) is 1.69. The minimum Gasteiger partial charge on any atom is -0.495 e. The molecule has 0 spiro atoms. The Morgan fingerprint density at radius 1 is 1.15 bits per heavy atom. The minimum atomic E-state index is -3.67. The molecule has 1 aromatic carbocycles. The topological polar surface area (TPSA) is 81.6 Å². The molecule has 0 aliphatic carbocycles. The van der Waals surface area contributed by atoms with Crippen LogP contribution in [0.25, 0.3) is 0 Å². The van der Waals surface area contributed by atoms with Crippen LogP contribution in [-0.4, -0.2) is 49.0 Å². The Kier molecular flexibility index (Phi) is 5.67. The number of nitrogens with zero attached hydrogens (tertiary/aromatic N) is 3. The molecule has 1 saturated heterocycles. The highest BCUT2D eigenvalue weighted by molar-refractivity contribution is 7.89. The van der Waals surface area contributed by atoms with Gasteiger partial charge in [-0.2, -0.15) is 9.29 Å². The molecule has 2 heterocycles. The van der Waals surface area contributed by atoms with Crippen LogP contribution < -0.4 is 9.47 Å². The van der Waals surface area contributed by atoms with E-state index in [1.54, 1.807) is 18.2 Å². The van der Waals surface area contributed by atoms with Gasteiger partial charge >= 0.3 is 0 Å². The second kappa shape index (κ2) is 7.82. The number of hydrogen-bond donors (Lipinski definition) is 0. The molecule has 1 aliphatic rings. The first-order chi connectivity index (χ1) is 12.8. The van der Waals surface area contributed by atoms with E-state index in [9.17, 15) is 8.42 Å². The summed E-state index contributed by atoms with van der Waals surface area (Å²) < 4.78 is 39.1. The number of rotatable bonds is 5. The molecule has 1 fully saturated rings. The zero-order valence-electron chi connectivity index (χ0n) is 16.1. The zero-order valence-corrected chi connectivity index (χ0v) is 16.9. The molecule has 146 valence electrons. The molecule has 0 bridgehead atoms. The van der Waals surface area contributed by atoms with Crippen LogP contribution in [0.3, 0.4) is 0 Å². The summed E-state index contributed by atoms with van der Waals surface area (Å²) in [4.78, 5) is 8.72. The van der Waals surface area contributed by atoms with Crippen molar-refractivity contribution >= 4 is 10.0 Å². The van der Waals surface area contributed by atoms with Gasteiger partial charge in [0, 0.05) is 18.3 Å². The number of piperidine rings is 1. The molecule has 3 rings (SSSR count). The van der Waals surface area contributed by atoms with Crippen LogP contribution in [0.1, 0.15) is 29.9 Å². The fourth-order valence-corrected chi connectivity index (χ4v) is 5.01. The SMILES string of the molecule is COc1ccc(C)cc1S(=O)(=O)N1CCC[C@H](Oc2cc(C)nc(C)n2)C1. The van der Waals surface area contributed by atoms with Gasteiger partial charge in [0.05, 0.1) is 13.7 Å². The van der Waals surface area contributed by atoms with Crippen LogP contribution in [0.5, 0.6) is 11.6 Å². The number of aromatic nitrogens is 2. The fraction of sp³-hybridized carbons (Fsp3) is 0.474. The van der Waals surface area contributed by atoms with E-state index in [-0.39, 0.29) is 17.5 Å². The van der Waals surface area contributed by atoms with Crippen LogP contribution in [0, 0.1) is 20.8 Å². The Hall–Kier alpha value is -2.19. The van der Waals surface area contributed by atoms with Crippen molar-refractivity contribution in [2.75, 3.05) is 20.2 Å². The molecule has 27 heavy (non-hydrogen) atoms. The molecular weight excluding hydrogens is 366 g/mol. The Labute approximate surface area is 160 Å². The van der Waals surface area contributed by atoms with E-state index in [2.05, 4.69) is 9.97 Å². The standard InChI is InChI=1S/C19H25N3O4S/c1-13-7-8-17(25-4)18(10-13)27(23,24)22-9-5-6-16(12-22)26-19-11-14(2)20-15(3)21-19/h7-8,10-11,16H,5-6,9,12H2,1-4H3/t16-/m0/s1. The Morgan fingerprint density at radius 2 is 1.93 bits per heavy atom. The molecular formula is C19H25N3O4S. The van der Waals surface area contributed by atoms with Gasteiger partial charge in [0.25, 0.3) is 0 Å². The summed E-state index contributed by atoms with van der Waals surface area (Å²) >= 11 is 0. The zero-order chi connectivity index (χ0) is 19.6. The van der Waals surface area contributed by atoms with Crippen molar-refractivity contribution in [1.29, 1.82) is 0 Å². The van der Waals surface area contributed by atoms with Crippen LogP contribution >= 0.6 is 0 Å². The van der Waals surface area contributed by atoms with Gasteiger partial charge in [-0.25, -0.2) is 13.4 Å². The lowest BCUT2D eigenvalue weighted by atomic mass is 10.1. The van der Waals surface area contributed by atoms with Crippen molar-refractivity contribution in [3.8, 4) is 11.6 Å². The third-order valence-corrected chi connectivity index (χ3v) is 6.39. The predicted molar refractivity (Wildman–Crippen MR) is 102 cm³/mol. The van der Waals surface area contributed by atoms with Gasteiger partial charge in [0.15, 0.2) is 0 Å². The second-order valence-corrected chi connectivity index (χ2v) is 8.70. The highest BCUT2D eigenvalue weighted by atomic mass is 32.2. The van der Waals surface area contributed by atoms with Crippen molar-refractivity contribution in [1.82, 2.24) is 14.3 Å². The molecule has 2 aromatic rings. The third kappa shape index (κ3) is 4.39. The summed E-state index contributed by atoms with van der Waals surface area (Å²) in [6.07, 6.45) is 1.25. The Balaban J connectivity index is 1.82. The maximum absolute atomic E-state index is 13.2. The van der Waals surface area contributed by atoms with Gasteiger partial charge in [-0.3, -0.25) is 0 Å². The average Bonchev–Trinajstić information content (AvgIpc) is 2.61. The van der Waals surface area contributed by atoms with E-state index >= 15 is 0 Å². The largest absolute Gasteiger partial charge is 0.495 e. The fourth-order valence-electron chi connectivity index (χ4n) is 3.26. The van der Waals surface area contributed by atoms with Gasteiger partial charge < -0.3 is 9.47 Å². The number of sulfonamides is 1. The van der Waals surface area contributed by atoms with E-state index < -0.39 is 10.0 Å². The predicted octanol–water partition coefficient (Wildman–Crippen LogP) is 2.64. The van der Waals surface area contributed by atoms with E-state index in [0.717, 1.165) is 24.1 Å². The average molecular weight is 391 g/mol. The molecule has 8 heteroatoms. The molecule has 0 saturated carbocycles. The first kappa shape index (κ1) is 19.6. The van der Waals surface area contributed by atoms with Crippen molar-refractivity contribution in [3.05, 3.63) is 41.3 Å². The van der Waals surface area contributed by atoms with Gasteiger partial charge in [-0.15, -0.1) is 0 Å². The van der Waals surface area contributed by atoms with Crippen LogP contribution in [0.4, 0.5) is 0 Å². The molecule has 1 aromatic heterocycles.